The van der Waals surface area contributed by atoms with Gasteiger partial charge in [0.15, 0.2) is 5.58 Å². The molecule has 1 saturated heterocycles. The lowest BCUT2D eigenvalue weighted by Crippen LogP contribution is -2.30. The summed E-state index contributed by atoms with van der Waals surface area (Å²) < 4.78 is 18.1. The Morgan fingerprint density at radius 2 is 1.97 bits per heavy atom. The number of likely N-dealkylation sites (N-methyl/N-ethyl adjacent to an activating group) is 1. The Balaban J connectivity index is 1.19. The van der Waals surface area contributed by atoms with Crippen LogP contribution in [0.4, 0.5) is 11.7 Å². The number of nitrogens with zero attached hydrogens (tertiary/aromatic N) is 3. The molecule has 0 saturated carbocycles. The molecule has 1 fully saturated rings. The first-order chi connectivity index (χ1) is 17.6. The van der Waals surface area contributed by atoms with Crippen molar-refractivity contribution in [3.05, 3.63) is 77.9 Å². The fraction of sp³-hybridized carbons (Fsp3) is 0.214. The van der Waals surface area contributed by atoms with Crippen molar-refractivity contribution in [2.45, 2.75) is 18.9 Å². The summed E-state index contributed by atoms with van der Waals surface area (Å²) in [6.45, 7) is 1.71. The smallest absolute Gasteiger partial charge is 0.300 e. The van der Waals surface area contributed by atoms with E-state index in [1.807, 2.05) is 66.7 Å². The molecule has 3 aromatic carbocycles. The van der Waals surface area contributed by atoms with Gasteiger partial charge in [-0.3, -0.25) is 4.98 Å². The number of fused-ring (bicyclic) bond motifs is 2. The van der Waals surface area contributed by atoms with E-state index in [2.05, 4.69) is 27.2 Å². The van der Waals surface area contributed by atoms with Gasteiger partial charge in [-0.25, -0.2) is 0 Å². The molecule has 1 N–H and O–H groups in total. The van der Waals surface area contributed by atoms with Gasteiger partial charge in [0, 0.05) is 35.4 Å². The van der Waals surface area contributed by atoms with Gasteiger partial charge in [-0.05, 0) is 68.9 Å². The minimum absolute atomic E-state index is 0.375. The maximum absolute atomic E-state index is 6.38. The Kier molecular flexibility index (Phi) is 6.09. The van der Waals surface area contributed by atoms with Crippen LogP contribution in [0, 0.1) is 0 Å². The highest BCUT2D eigenvalue weighted by Crippen LogP contribution is 2.33. The van der Waals surface area contributed by atoms with E-state index in [-0.39, 0.29) is 0 Å². The van der Waals surface area contributed by atoms with E-state index < -0.39 is 0 Å². The first kappa shape index (κ1) is 22.6. The molecule has 36 heavy (non-hydrogen) atoms. The molecule has 1 atom stereocenters. The first-order valence-corrected chi connectivity index (χ1v) is 12.3. The standard InChI is InChI=1S/C28H25ClN4O3/c1-33-14-4-5-19(33)17-34-27-15-18(8-10-22(27)29)31-28-32-24-16-20(9-11-26(24)36-28)35-25-12-13-30-23-7-3-2-6-21(23)25/h2-3,6-13,15-16,19H,4-5,14,17H2,1H3,(H,31,32)/t19-/m0/s1. The van der Waals surface area contributed by atoms with Crippen LogP contribution in [0.1, 0.15) is 12.8 Å². The fourth-order valence-corrected chi connectivity index (χ4v) is 4.67. The molecule has 0 radical (unpaired) electrons. The number of nitrogens with one attached hydrogen (secondary N) is 1. The molecule has 0 amide bonds. The van der Waals surface area contributed by atoms with Gasteiger partial charge >= 0.3 is 0 Å². The van der Waals surface area contributed by atoms with E-state index in [0.29, 0.717) is 46.3 Å². The van der Waals surface area contributed by atoms with Crippen LogP contribution in [0.2, 0.25) is 5.02 Å². The van der Waals surface area contributed by atoms with E-state index in [1.54, 1.807) is 6.20 Å². The van der Waals surface area contributed by atoms with Gasteiger partial charge in [0.25, 0.3) is 6.01 Å². The second kappa shape index (κ2) is 9.68. The Hall–Kier alpha value is -3.81. The van der Waals surface area contributed by atoms with Crippen molar-refractivity contribution in [3.63, 3.8) is 0 Å². The van der Waals surface area contributed by atoms with E-state index in [1.165, 1.54) is 6.42 Å². The van der Waals surface area contributed by atoms with Crippen LogP contribution in [-0.2, 0) is 0 Å². The maximum Gasteiger partial charge on any atom is 0.300 e. The zero-order valence-electron chi connectivity index (χ0n) is 19.8. The number of benzene rings is 3. The SMILES string of the molecule is CN1CCC[C@H]1COc1cc(Nc2nc3cc(Oc4ccnc5ccccc45)ccc3o2)ccc1Cl. The highest BCUT2D eigenvalue weighted by Gasteiger charge is 2.21. The Morgan fingerprint density at radius 1 is 1.06 bits per heavy atom. The van der Waals surface area contributed by atoms with Gasteiger partial charge in [0.1, 0.15) is 29.4 Å². The molecule has 0 bridgehead atoms. The number of aromatic nitrogens is 2. The number of pyridine rings is 1. The lowest BCUT2D eigenvalue weighted by molar-refractivity contribution is 0.198. The highest BCUT2D eigenvalue weighted by molar-refractivity contribution is 6.32. The van der Waals surface area contributed by atoms with Crippen LogP contribution in [0.15, 0.2) is 77.3 Å². The lowest BCUT2D eigenvalue weighted by atomic mass is 10.2. The number of hydrogen-bond acceptors (Lipinski definition) is 7. The number of anilines is 2. The normalized spacial score (nSPS) is 16.0. The summed E-state index contributed by atoms with van der Waals surface area (Å²) >= 11 is 6.38. The van der Waals surface area contributed by atoms with Crippen molar-refractivity contribution in [2.24, 2.45) is 0 Å². The Morgan fingerprint density at radius 3 is 2.86 bits per heavy atom. The summed E-state index contributed by atoms with van der Waals surface area (Å²) in [5.41, 5.74) is 2.99. The monoisotopic (exact) mass is 500 g/mol. The first-order valence-electron chi connectivity index (χ1n) is 11.9. The number of halogens is 1. The molecule has 182 valence electrons. The number of ether oxygens (including phenoxy) is 2. The number of hydrogen-bond donors (Lipinski definition) is 1. The average Bonchev–Trinajstić information content (AvgIpc) is 3.49. The molecule has 0 spiro atoms. The number of para-hydroxylation sites is 1. The molecule has 6 rings (SSSR count). The highest BCUT2D eigenvalue weighted by atomic mass is 35.5. The van der Waals surface area contributed by atoms with Crippen molar-refractivity contribution >= 4 is 45.3 Å². The van der Waals surface area contributed by atoms with Gasteiger partial charge in [0.05, 0.1) is 10.5 Å². The predicted octanol–water partition coefficient (Wildman–Crippen LogP) is 7.04. The summed E-state index contributed by atoms with van der Waals surface area (Å²) in [6.07, 6.45) is 4.08. The van der Waals surface area contributed by atoms with Crippen LogP contribution in [0.25, 0.3) is 22.0 Å². The summed E-state index contributed by atoms with van der Waals surface area (Å²) in [4.78, 5) is 11.3. The lowest BCUT2D eigenvalue weighted by Gasteiger charge is -2.20. The number of likely N-dealkylation sites (tertiary alicyclic amines) is 1. The minimum Gasteiger partial charge on any atom is -0.490 e. The topological polar surface area (TPSA) is 72.7 Å². The zero-order valence-corrected chi connectivity index (χ0v) is 20.5. The molecule has 0 unspecified atom stereocenters. The van der Waals surface area contributed by atoms with E-state index in [0.717, 1.165) is 35.3 Å². The Bertz CT molecular complexity index is 1530. The second-order valence-electron chi connectivity index (χ2n) is 8.93. The average molecular weight is 501 g/mol. The summed E-state index contributed by atoms with van der Waals surface area (Å²) in [7, 11) is 2.13. The molecule has 1 aliphatic heterocycles. The minimum atomic E-state index is 0.375. The third-order valence-corrected chi connectivity index (χ3v) is 6.79. The zero-order chi connectivity index (χ0) is 24.5. The second-order valence-corrected chi connectivity index (χ2v) is 9.34. The van der Waals surface area contributed by atoms with E-state index in [9.17, 15) is 0 Å². The largest absolute Gasteiger partial charge is 0.490 e. The number of rotatable bonds is 7. The van der Waals surface area contributed by atoms with E-state index in [4.69, 9.17) is 25.5 Å². The fourth-order valence-electron chi connectivity index (χ4n) is 4.50. The third kappa shape index (κ3) is 4.67. The van der Waals surface area contributed by atoms with E-state index >= 15 is 0 Å². The van der Waals surface area contributed by atoms with Crippen molar-refractivity contribution in [3.8, 4) is 17.2 Å². The quantitative estimate of drug-likeness (QED) is 0.257. The Labute approximate surface area is 213 Å². The van der Waals surface area contributed by atoms with Crippen LogP contribution in [-0.4, -0.2) is 41.1 Å². The van der Waals surface area contributed by atoms with Crippen LogP contribution >= 0.6 is 11.6 Å². The maximum atomic E-state index is 6.38. The van der Waals surface area contributed by atoms with Crippen molar-refractivity contribution in [1.82, 2.24) is 14.9 Å². The molecule has 1 aliphatic rings. The van der Waals surface area contributed by atoms with Crippen LogP contribution < -0.4 is 14.8 Å². The predicted molar refractivity (Wildman–Crippen MR) is 142 cm³/mol. The third-order valence-electron chi connectivity index (χ3n) is 6.48. The van der Waals surface area contributed by atoms with Crippen LogP contribution in [0.5, 0.6) is 17.2 Å². The number of oxazole rings is 1. The van der Waals surface area contributed by atoms with Crippen molar-refractivity contribution < 1.29 is 13.9 Å². The van der Waals surface area contributed by atoms with Crippen molar-refractivity contribution in [2.75, 3.05) is 25.5 Å². The molecule has 3 heterocycles. The van der Waals surface area contributed by atoms with Gasteiger partial charge in [-0.15, -0.1) is 0 Å². The van der Waals surface area contributed by atoms with Gasteiger partial charge in [-0.2, -0.15) is 4.98 Å². The molecule has 5 aromatic rings. The molecular formula is C28H25ClN4O3. The van der Waals surface area contributed by atoms with Crippen molar-refractivity contribution in [1.29, 1.82) is 0 Å². The van der Waals surface area contributed by atoms with Gasteiger partial charge in [-0.1, -0.05) is 23.7 Å². The molecule has 2 aromatic heterocycles. The molecule has 7 nitrogen and oxygen atoms in total. The summed E-state index contributed by atoms with van der Waals surface area (Å²) in [5, 5.41) is 4.74. The van der Waals surface area contributed by atoms with Crippen LogP contribution in [0.3, 0.4) is 0 Å². The van der Waals surface area contributed by atoms with Gasteiger partial charge in [0.2, 0.25) is 0 Å². The molecule has 0 aliphatic carbocycles. The molecule has 8 heteroatoms. The summed E-state index contributed by atoms with van der Waals surface area (Å²) in [5.74, 6) is 2.04. The molecular weight excluding hydrogens is 476 g/mol. The summed E-state index contributed by atoms with van der Waals surface area (Å²) in [6, 6.07) is 21.6. The van der Waals surface area contributed by atoms with Gasteiger partial charge < -0.3 is 24.1 Å².